The molecule has 0 atom stereocenters. The van der Waals surface area contributed by atoms with Crippen LogP contribution in [0.15, 0.2) is 33.5 Å². The summed E-state index contributed by atoms with van der Waals surface area (Å²) in [7, 11) is 0. The number of furan rings is 1. The number of ether oxygens (including phenoxy) is 2. The second kappa shape index (κ2) is 5.20. The molecule has 0 amide bonds. The molecule has 6 heteroatoms. The van der Waals surface area contributed by atoms with Crippen molar-refractivity contribution in [3.63, 3.8) is 0 Å². The van der Waals surface area contributed by atoms with E-state index in [1.165, 1.54) is 12.5 Å². The number of esters is 1. The summed E-state index contributed by atoms with van der Waals surface area (Å²) >= 11 is 0. The summed E-state index contributed by atoms with van der Waals surface area (Å²) in [6.07, 6.45) is 2.73. The van der Waals surface area contributed by atoms with E-state index in [-0.39, 0.29) is 25.0 Å². The van der Waals surface area contributed by atoms with E-state index in [1.54, 1.807) is 19.1 Å². The summed E-state index contributed by atoms with van der Waals surface area (Å²) in [6, 6.07) is 3.51. The fourth-order valence-electron chi connectivity index (χ4n) is 1.15. The molecule has 2 aromatic rings. The first-order chi connectivity index (χ1) is 8.29. The molecule has 2 heterocycles. The summed E-state index contributed by atoms with van der Waals surface area (Å²) in [5, 5.41) is 0. The Balaban J connectivity index is 1.92. The van der Waals surface area contributed by atoms with Gasteiger partial charge in [0.05, 0.1) is 12.9 Å². The van der Waals surface area contributed by atoms with E-state index >= 15 is 0 Å². The molecule has 0 N–H and O–H groups in total. The van der Waals surface area contributed by atoms with E-state index in [1.807, 2.05) is 0 Å². The molecule has 90 valence electrons. The fraction of sp³-hybridized carbons (Fsp3) is 0.273. The predicted octanol–water partition coefficient (Wildman–Crippen LogP) is 2.02. The van der Waals surface area contributed by atoms with Gasteiger partial charge >= 0.3 is 12.0 Å². The van der Waals surface area contributed by atoms with Crippen molar-refractivity contribution >= 4 is 5.97 Å². The van der Waals surface area contributed by atoms with Gasteiger partial charge in [0, 0.05) is 0 Å². The van der Waals surface area contributed by atoms with Crippen molar-refractivity contribution in [2.45, 2.75) is 13.5 Å². The van der Waals surface area contributed by atoms with Crippen molar-refractivity contribution in [1.29, 1.82) is 0 Å². The molecule has 6 nitrogen and oxygen atoms in total. The Morgan fingerprint density at radius 2 is 2.35 bits per heavy atom. The van der Waals surface area contributed by atoms with Gasteiger partial charge in [0.2, 0.25) is 0 Å². The Morgan fingerprint density at radius 3 is 3.06 bits per heavy atom. The highest BCUT2D eigenvalue weighted by Gasteiger charge is 2.14. The van der Waals surface area contributed by atoms with Gasteiger partial charge in [-0.05, 0) is 19.1 Å². The van der Waals surface area contributed by atoms with Crippen LogP contribution in [0, 0.1) is 0 Å². The standard InChI is InChI=1S/C11H11NO5/c1-2-14-10(13)9-7-17-11(12-9)16-6-8-4-3-5-15-8/h3-5,7H,2,6H2,1H3. The Labute approximate surface area is 97.1 Å². The molecule has 0 unspecified atom stereocenters. The second-order valence-electron chi connectivity index (χ2n) is 3.09. The minimum Gasteiger partial charge on any atom is -0.466 e. The molecule has 0 radical (unpaired) electrons. The zero-order valence-electron chi connectivity index (χ0n) is 9.21. The summed E-state index contributed by atoms with van der Waals surface area (Å²) < 4.78 is 20.0. The van der Waals surface area contributed by atoms with Crippen LogP contribution in [-0.4, -0.2) is 17.6 Å². The number of rotatable bonds is 5. The second-order valence-corrected chi connectivity index (χ2v) is 3.09. The van der Waals surface area contributed by atoms with Crippen LogP contribution in [0.4, 0.5) is 0 Å². The van der Waals surface area contributed by atoms with Gasteiger partial charge in [-0.2, -0.15) is 4.98 Å². The minimum absolute atomic E-state index is 0.00412. The molecule has 0 fully saturated rings. The van der Waals surface area contributed by atoms with E-state index in [0.717, 1.165) is 0 Å². The number of hydrogen-bond acceptors (Lipinski definition) is 6. The Hall–Kier alpha value is -2.24. The lowest BCUT2D eigenvalue weighted by Crippen LogP contribution is -2.04. The maximum Gasteiger partial charge on any atom is 0.394 e. The molecule has 17 heavy (non-hydrogen) atoms. The Kier molecular flexibility index (Phi) is 3.44. The van der Waals surface area contributed by atoms with Crippen LogP contribution in [0.2, 0.25) is 0 Å². The van der Waals surface area contributed by atoms with Crippen molar-refractivity contribution in [2.24, 2.45) is 0 Å². The Bertz CT molecular complexity index is 474. The zero-order chi connectivity index (χ0) is 12.1. The third kappa shape index (κ3) is 2.87. The maximum absolute atomic E-state index is 11.3. The van der Waals surface area contributed by atoms with Gasteiger partial charge < -0.3 is 18.3 Å². The molecule has 2 rings (SSSR count). The molecule has 0 saturated heterocycles. The number of carbonyl (C=O) groups is 1. The normalized spacial score (nSPS) is 10.2. The van der Waals surface area contributed by atoms with Gasteiger partial charge in [0.1, 0.15) is 12.0 Å². The minimum atomic E-state index is -0.538. The van der Waals surface area contributed by atoms with Crippen LogP contribution in [-0.2, 0) is 11.3 Å². The van der Waals surface area contributed by atoms with Crippen molar-refractivity contribution < 1.29 is 23.1 Å². The van der Waals surface area contributed by atoms with Gasteiger partial charge in [-0.1, -0.05) is 0 Å². The summed E-state index contributed by atoms with van der Waals surface area (Å²) in [5.74, 6) is 0.102. The van der Waals surface area contributed by atoms with Gasteiger partial charge in [-0.25, -0.2) is 4.79 Å². The topological polar surface area (TPSA) is 74.7 Å². The average molecular weight is 237 g/mol. The number of carbonyl (C=O) groups excluding carboxylic acids is 1. The van der Waals surface area contributed by atoms with Gasteiger partial charge in [0.25, 0.3) is 0 Å². The fourth-order valence-corrected chi connectivity index (χ4v) is 1.15. The highest BCUT2D eigenvalue weighted by atomic mass is 16.6. The van der Waals surface area contributed by atoms with Crippen LogP contribution < -0.4 is 4.74 Å². The molecule has 0 aliphatic heterocycles. The van der Waals surface area contributed by atoms with Gasteiger partial charge in [-0.15, -0.1) is 0 Å². The molecular formula is C11H11NO5. The SMILES string of the molecule is CCOC(=O)c1coc(OCc2ccco2)n1. The first-order valence-electron chi connectivity index (χ1n) is 5.07. The summed E-state index contributed by atoms with van der Waals surface area (Å²) in [6.45, 7) is 2.19. The molecule has 0 aliphatic rings. The quantitative estimate of drug-likeness (QED) is 0.740. The van der Waals surface area contributed by atoms with Crippen molar-refractivity contribution in [3.05, 3.63) is 36.1 Å². The molecular weight excluding hydrogens is 226 g/mol. The maximum atomic E-state index is 11.3. The monoisotopic (exact) mass is 237 g/mol. The van der Waals surface area contributed by atoms with Crippen molar-refractivity contribution in [3.8, 4) is 6.08 Å². The lowest BCUT2D eigenvalue weighted by atomic mass is 10.5. The third-order valence-electron chi connectivity index (χ3n) is 1.89. The third-order valence-corrected chi connectivity index (χ3v) is 1.89. The van der Waals surface area contributed by atoms with Crippen LogP contribution in [0.3, 0.4) is 0 Å². The van der Waals surface area contributed by atoms with E-state index < -0.39 is 5.97 Å². The zero-order valence-corrected chi connectivity index (χ0v) is 9.21. The van der Waals surface area contributed by atoms with Crippen molar-refractivity contribution in [1.82, 2.24) is 4.98 Å². The first kappa shape index (κ1) is 11.3. The van der Waals surface area contributed by atoms with E-state index in [9.17, 15) is 4.79 Å². The largest absolute Gasteiger partial charge is 0.466 e. The summed E-state index contributed by atoms with van der Waals surface area (Å²) in [5.41, 5.74) is 0.0845. The molecule has 0 aromatic carbocycles. The predicted molar refractivity (Wildman–Crippen MR) is 55.5 cm³/mol. The molecule has 0 aliphatic carbocycles. The lowest BCUT2D eigenvalue weighted by molar-refractivity contribution is 0.0519. The summed E-state index contributed by atoms with van der Waals surface area (Å²) in [4.78, 5) is 15.1. The van der Waals surface area contributed by atoms with Gasteiger partial charge in [0.15, 0.2) is 12.3 Å². The molecule has 0 spiro atoms. The van der Waals surface area contributed by atoms with E-state index in [2.05, 4.69) is 4.98 Å². The Morgan fingerprint density at radius 1 is 1.47 bits per heavy atom. The van der Waals surface area contributed by atoms with E-state index in [4.69, 9.17) is 18.3 Å². The molecule has 0 saturated carbocycles. The lowest BCUT2D eigenvalue weighted by Gasteiger charge is -1.97. The highest BCUT2D eigenvalue weighted by Crippen LogP contribution is 2.13. The van der Waals surface area contributed by atoms with E-state index in [0.29, 0.717) is 5.76 Å². The first-order valence-corrected chi connectivity index (χ1v) is 5.07. The van der Waals surface area contributed by atoms with Gasteiger partial charge in [-0.3, -0.25) is 0 Å². The molecule has 0 bridgehead atoms. The highest BCUT2D eigenvalue weighted by molar-refractivity contribution is 5.86. The van der Waals surface area contributed by atoms with Crippen LogP contribution in [0.25, 0.3) is 0 Å². The number of oxazole rings is 1. The number of aromatic nitrogens is 1. The molecule has 2 aromatic heterocycles. The van der Waals surface area contributed by atoms with Crippen molar-refractivity contribution in [2.75, 3.05) is 6.61 Å². The smallest absolute Gasteiger partial charge is 0.394 e. The van der Waals surface area contributed by atoms with Crippen LogP contribution >= 0.6 is 0 Å². The number of nitrogens with zero attached hydrogens (tertiary/aromatic N) is 1. The average Bonchev–Trinajstić information content (AvgIpc) is 2.98. The van der Waals surface area contributed by atoms with Crippen LogP contribution in [0.5, 0.6) is 6.08 Å². The van der Waals surface area contributed by atoms with Crippen LogP contribution in [0.1, 0.15) is 23.2 Å². The number of hydrogen-bond donors (Lipinski definition) is 0.